The molecular weight excluding hydrogens is 384 g/mol. The summed E-state index contributed by atoms with van der Waals surface area (Å²) in [7, 11) is 0. The zero-order valence-electron chi connectivity index (χ0n) is 19.8. The van der Waals surface area contributed by atoms with Crippen molar-refractivity contribution in [2.75, 3.05) is 0 Å². The molecule has 3 aliphatic carbocycles. The molecule has 3 heteroatoms. The molecule has 0 saturated heterocycles. The molecule has 3 saturated carbocycles. The van der Waals surface area contributed by atoms with Gasteiger partial charge in [0.25, 0.3) is 0 Å². The summed E-state index contributed by atoms with van der Waals surface area (Å²) >= 11 is 0. The third-order valence-electron chi connectivity index (χ3n) is 7.97. The van der Waals surface area contributed by atoms with Crippen molar-refractivity contribution < 1.29 is 15.3 Å². The molecule has 0 aliphatic heterocycles. The molecule has 0 heterocycles. The molecule has 0 aromatic carbocycles. The van der Waals surface area contributed by atoms with Crippen molar-refractivity contribution in [2.45, 2.75) is 90.4 Å². The largest absolute Gasteiger partial charge is 0.393 e. The van der Waals surface area contributed by atoms with Crippen LogP contribution in [-0.4, -0.2) is 33.1 Å². The summed E-state index contributed by atoms with van der Waals surface area (Å²) in [5.41, 5.74) is 2.84. The van der Waals surface area contributed by atoms with E-state index in [0.717, 1.165) is 17.6 Å². The molecule has 3 nitrogen and oxygen atoms in total. The molecule has 6 atom stereocenters. The standard InChI is InChI=1S/C28H42O3/c1-19(9-6-7-15-27(3,4)31)24-13-14-25-21(10-8-16-28(24,25)5)11-12-22-17-23(29)18-26(30)20(22)2/h6-7,9,11-12,15,19,23-26,29-31H,2,8,10,13-14,16-18H2,1,3-5H3/b9-6+,15-7+,21-11+,22-12-/t19-,23+,24+,25-,26-,28+/m0/s1. The van der Waals surface area contributed by atoms with Crippen LogP contribution in [0.15, 0.2) is 59.8 Å². The summed E-state index contributed by atoms with van der Waals surface area (Å²) in [5.74, 6) is 1.77. The first kappa shape index (κ1) is 24.2. The van der Waals surface area contributed by atoms with Crippen molar-refractivity contribution in [3.8, 4) is 0 Å². The summed E-state index contributed by atoms with van der Waals surface area (Å²) in [6.45, 7) is 12.5. The van der Waals surface area contributed by atoms with Crippen molar-refractivity contribution in [3.05, 3.63) is 59.8 Å². The molecule has 0 unspecified atom stereocenters. The second kappa shape index (κ2) is 9.60. The Bertz CT molecular complexity index is 779. The molecule has 0 bridgehead atoms. The predicted molar refractivity (Wildman–Crippen MR) is 128 cm³/mol. The van der Waals surface area contributed by atoms with E-state index >= 15 is 0 Å². The Hall–Kier alpha value is -1.42. The van der Waals surface area contributed by atoms with Gasteiger partial charge in [-0.2, -0.15) is 0 Å². The van der Waals surface area contributed by atoms with Crippen LogP contribution in [0.5, 0.6) is 0 Å². The quantitative estimate of drug-likeness (QED) is 0.498. The maximum absolute atomic E-state index is 10.1. The first-order valence-corrected chi connectivity index (χ1v) is 12.0. The van der Waals surface area contributed by atoms with Gasteiger partial charge in [-0.05, 0) is 86.7 Å². The Kier molecular flexibility index (Phi) is 7.50. The molecule has 3 fully saturated rings. The maximum Gasteiger partial charge on any atom is 0.0811 e. The Labute approximate surface area is 189 Å². The van der Waals surface area contributed by atoms with Crippen LogP contribution in [0.3, 0.4) is 0 Å². The molecule has 0 spiro atoms. The fourth-order valence-corrected chi connectivity index (χ4v) is 6.27. The first-order chi connectivity index (χ1) is 14.5. The molecule has 31 heavy (non-hydrogen) atoms. The predicted octanol–water partition coefficient (Wildman–Crippen LogP) is 5.65. The topological polar surface area (TPSA) is 60.7 Å². The first-order valence-electron chi connectivity index (χ1n) is 12.0. The second-order valence-corrected chi connectivity index (χ2v) is 10.9. The highest BCUT2D eigenvalue weighted by atomic mass is 16.3. The van der Waals surface area contributed by atoms with Gasteiger partial charge >= 0.3 is 0 Å². The zero-order chi connectivity index (χ0) is 22.8. The molecule has 3 N–H and O–H groups in total. The van der Waals surface area contributed by atoms with E-state index in [-0.39, 0.29) is 0 Å². The van der Waals surface area contributed by atoms with Gasteiger partial charge in [-0.1, -0.05) is 62.5 Å². The molecule has 0 aromatic heterocycles. The van der Waals surface area contributed by atoms with E-state index in [2.05, 4.69) is 44.7 Å². The number of rotatable bonds is 5. The highest BCUT2D eigenvalue weighted by molar-refractivity contribution is 5.38. The third-order valence-corrected chi connectivity index (χ3v) is 7.97. The summed E-state index contributed by atoms with van der Waals surface area (Å²) in [6, 6.07) is 0. The van der Waals surface area contributed by atoms with E-state index in [9.17, 15) is 15.3 Å². The van der Waals surface area contributed by atoms with Gasteiger partial charge in [0.15, 0.2) is 0 Å². The molecule has 0 amide bonds. The minimum atomic E-state index is -0.773. The van der Waals surface area contributed by atoms with Crippen molar-refractivity contribution in [3.63, 3.8) is 0 Å². The molecule has 3 aliphatic rings. The number of fused-ring (bicyclic) bond motifs is 1. The highest BCUT2D eigenvalue weighted by Crippen LogP contribution is 2.59. The van der Waals surface area contributed by atoms with Gasteiger partial charge in [0, 0.05) is 6.42 Å². The fraction of sp³-hybridized carbons (Fsp3) is 0.643. The number of hydrogen-bond acceptors (Lipinski definition) is 3. The lowest BCUT2D eigenvalue weighted by molar-refractivity contribution is 0.0862. The van der Waals surface area contributed by atoms with Gasteiger partial charge in [0.05, 0.1) is 17.8 Å². The third kappa shape index (κ3) is 5.69. The normalized spacial score (nSPS) is 38.5. The number of allylic oxidation sites excluding steroid dienone is 6. The Morgan fingerprint density at radius 1 is 1.16 bits per heavy atom. The minimum absolute atomic E-state index is 0.314. The highest BCUT2D eigenvalue weighted by Gasteiger charge is 2.50. The van der Waals surface area contributed by atoms with Crippen LogP contribution in [0, 0.1) is 23.2 Å². The average Bonchev–Trinajstić information content (AvgIpc) is 3.03. The lowest BCUT2D eigenvalue weighted by Gasteiger charge is -2.44. The van der Waals surface area contributed by atoms with Crippen LogP contribution in [0.2, 0.25) is 0 Å². The maximum atomic E-state index is 10.1. The smallest absolute Gasteiger partial charge is 0.0811 e. The van der Waals surface area contributed by atoms with Crippen molar-refractivity contribution in [1.29, 1.82) is 0 Å². The van der Waals surface area contributed by atoms with Gasteiger partial charge in [-0.25, -0.2) is 0 Å². The minimum Gasteiger partial charge on any atom is -0.393 e. The summed E-state index contributed by atoms with van der Waals surface area (Å²) in [6.07, 6.45) is 18.6. The fourth-order valence-electron chi connectivity index (χ4n) is 6.27. The lowest BCUT2D eigenvalue weighted by atomic mass is 9.61. The van der Waals surface area contributed by atoms with E-state index in [1.54, 1.807) is 13.8 Å². The number of aliphatic hydroxyl groups is 3. The lowest BCUT2D eigenvalue weighted by Crippen LogP contribution is -2.35. The summed E-state index contributed by atoms with van der Waals surface area (Å²) in [4.78, 5) is 0. The van der Waals surface area contributed by atoms with Gasteiger partial charge < -0.3 is 15.3 Å². The second-order valence-electron chi connectivity index (χ2n) is 10.9. The van der Waals surface area contributed by atoms with Crippen molar-refractivity contribution in [2.24, 2.45) is 23.2 Å². The molecule has 3 rings (SSSR count). The summed E-state index contributed by atoms with van der Waals surface area (Å²) in [5, 5.41) is 30.0. The van der Waals surface area contributed by atoms with Crippen molar-refractivity contribution >= 4 is 0 Å². The monoisotopic (exact) mass is 426 g/mol. The van der Waals surface area contributed by atoms with E-state index in [0.29, 0.717) is 36.0 Å². The zero-order valence-corrected chi connectivity index (χ0v) is 19.8. The van der Waals surface area contributed by atoms with Gasteiger partial charge in [-0.3, -0.25) is 0 Å². The van der Waals surface area contributed by atoms with Crippen LogP contribution in [-0.2, 0) is 0 Å². The van der Waals surface area contributed by atoms with Crippen LogP contribution in [0.1, 0.15) is 72.6 Å². The van der Waals surface area contributed by atoms with Gasteiger partial charge in [0.2, 0.25) is 0 Å². The number of aliphatic hydroxyl groups excluding tert-OH is 2. The van der Waals surface area contributed by atoms with Gasteiger partial charge in [0.1, 0.15) is 0 Å². The Balaban J connectivity index is 1.74. The molecule has 0 aromatic rings. The van der Waals surface area contributed by atoms with Crippen LogP contribution in [0.25, 0.3) is 0 Å². The van der Waals surface area contributed by atoms with Crippen LogP contribution >= 0.6 is 0 Å². The summed E-state index contributed by atoms with van der Waals surface area (Å²) < 4.78 is 0. The number of hydrogen-bond donors (Lipinski definition) is 3. The average molecular weight is 427 g/mol. The SMILES string of the molecule is C=C1/C(=C\C=C2/CCC[C@]3(C)[C@@H]([C@@H](C)/C=C/C=C/C(C)(C)O)CC[C@@H]23)C[C@@H](O)C[C@@H]1O. The van der Waals surface area contributed by atoms with E-state index in [1.807, 2.05) is 12.2 Å². The van der Waals surface area contributed by atoms with E-state index in [1.165, 1.54) is 31.3 Å². The van der Waals surface area contributed by atoms with E-state index in [4.69, 9.17) is 0 Å². The molecular formula is C28H42O3. The van der Waals surface area contributed by atoms with Crippen LogP contribution < -0.4 is 0 Å². The van der Waals surface area contributed by atoms with E-state index < -0.39 is 17.8 Å². The van der Waals surface area contributed by atoms with Crippen molar-refractivity contribution in [1.82, 2.24) is 0 Å². The molecule has 172 valence electrons. The Morgan fingerprint density at radius 3 is 2.61 bits per heavy atom. The Morgan fingerprint density at radius 2 is 1.90 bits per heavy atom. The van der Waals surface area contributed by atoms with Crippen LogP contribution in [0.4, 0.5) is 0 Å². The van der Waals surface area contributed by atoms with Gasteiger partial charge in [-0.15, -0.1) is 0 Å². The molecule has 0 radical (unpaired) electrons.